The number of carboxylic acid groups (broad SMARTS) is 2. The lowest BCUT2D eigenvalue weighted by molar-refractivity contribution is 0.0682. The van der Waals surface area contributed by atoms with E-state index in [-0.39, 0.29) is 22.9 Å². The molecule has 0 aromatic heterocycles. The van der Waals surface area contributed by atoms with Crippen molar-refractivity contribution in [2.45, 2.75) is 0 Å². The molecule has 0 unspecified atom stereocenters. The Hall–Kier alpha value is -5.64. The monoisotopic (exact) mass is 514 g/mol. The van der Waals surface area contributed by atoms with Crippen molar-refractivity contribution in [3.8, 4) is 11.5 Å². The van der Waals surface area contributed by atoms with Gasteiger partial charge in [0.15, 0.2) is 0 Å². The van der Waals surface area contributed by atoms with Crippen LogP contribution in [0.15, 0.2) is 97.1 Å². The van der Waals surface area contributed by atoms with E-state index in [1.165, 1.54) is 36.4 Å². The zero-order valence-corrected chi connectivity index (χ0v) is 19.7. The van der Waals surface area contributed by atoms with E-state index in [9.17, 15) is 29.4 Å². The minimum Gasteiger partial charge on any atom is -0.507 e. The zero-order valence-electron chi connectivity index (χ0n) is 19.7. The first kappa shape index (κ1) is 27.0. The second-order valence-electron chi connectivity index (χ2n) is 7.71. The predicted molar refractivity (Wildman–Crippen MR) is 139 cm³/mol. The Balaban J connectivity index is 0.000000211. The van der Waals surface area contributed by atoms with Gasteiger partial charge in [-0.1, -0.05) is 36.4 Å². The third kappa shape index (κ3) is 7.18. The van der Waals surface area contributed by atoms with E-state index >= 15 is 0 Å². The summed E-state index contributed by atoms with van der Waals surface area (Å²) in [5.41, 5.74) is 1.19. The maximum absolute atomic E-state index is 11.8. The van der Waals surface area contributed by atoms with E-state index in [1.54, 1.807) is 60.7 Å². The van der Waals surface area contributed by atoms with E-state index < -0.39 is 23.4 Å². The Morgan fingerprint density at radius 2 is 0.842 bits per heavy atom. The second kappa shape index (κ2) is 12.4. The van der Waals surface area contributed by atoms with Crippen molar-refractivity contribution in [2.75, 3.05) is 10.6 Å². The fraction of sp³-hybridized carbons (Fsp3) is 0. The van der Waals surface area contributed by atoms with Crippen LogP contribution < -0.4 is 10.6 Å². The number of carbonyl (C=O) groups is 4. The lowest BCUT2D eigenvalue weighted by atomic mass is 10.1. The lowest BCUT2D eigenvalue weighted by Gasteiger charge is -2.07. The molecule has 38 heavy (non-hydrogen) atoms. The Labute approximate surface area is 216 Å². The minimum absolute atomic E-state index is 0.210. The summed E-state index contributed by atoms with van der Waals surface area (Å²) in [6.45, 7) is 0. The zero-order chi connectivity index (χ0) is 27.7. The number of nitrogens with one attached hydrogen (secondary N) is 2. The molecule has 4 aromatic carbocycles. The number of aromatic hydroxyl groups is 2. The van der Waals surface area contributed by atoms with Crippen molar-refractivity contribution in [1.29, 1.82) is 0 Å². The van der Waals surface area contributed by atoms with Crippen molar-refractivity contribution in [3.05, 3.63) is 119 Å². The number of hydrogen-bond donors (Lipinski definition) is 6. The summed E-state index contributed by atoms with van der Waals surface area (Å²) < 4.78 is 0. The van der Waals surface area contributed by atoms with Crippen LogP contribution in [0.1, 0.15) is 41.4 Å². The first-order valence-corrected chi connectivity index (χ1v) is 11.0. The van der Waals surface area contributed by atoms with Crippen LogP contribution in [0.4, 0.5) is 11.4 Å². The van der Waals surface area contributed by atoms with Gasteiger partial charge in [-0.2, -0.15) is 0 Å². The predicted octanol–water partition coefficient (Wildman–Crippen LogP) is 4.69. The molecule has 0 fully saturated rings. The highest BCUT2D eigenvalue weighted by molar-refractivity contribution is 6.05. The number of benzene rings is 4. The standard InChI is InChI=1S/2C14H11NO4/c2*16-12-8-10(6-7-11(12)14(18)19)15-13(17)9-4-2-1-3-5-9/h2*1-8,16H,(H,15,17)(H,18,19). The summed E-state index contributed by atoms with van der Waals surface area (Å²) in [5, 5.41) is 41.7. The molecule has 10 nitrogen and oxygen atoms in total. The molecule has 0 saturated carbocycles. The van der Waals surface area contributed by atoms with Gasteiger partial charge < -0.3 is 31.1 Å². The first-order valence-electron chi connectivity index (χ1n) is 11.0. The molecule has 4 rings (SSSR count). The highest BCUT2D eigenvalue weighted by Crippen LogP contribution is 2.23. The molecule has 2 amide bonds. The van der Waals surface area contributed by atoms with E-state index in [0.717, 1.165) is 0 Å². The van der Waals surface area contributed by atoms with Gasteiger partial charge in [0.2, 0.25) is 0 Å². The molecule has 4 aromatic rings. The number of rotatable bonds is 6. The molecule has 10 heteroatoms. The molecule has 0 radical (unpaired) electrons. The summed E-state index contributed by atoms with van der Waals surface area (Å²) in [6, 6.07) is 24.9. The number of aromatic carboxylic acids is 2. The molecule has 0 aliphatic rings. The number of hydrogen-bond acceptors (Lipinski definition) is 6. The molecule has 0 heterocycles. The SMILES string of the molecule is O=C(Nc1ccc(C(=O)O)c(O)c1)c1ccccc1.O=C(Nc1ccc(C(=O)O)c(O)c1)c1ccccc1. The van der Waals surface area contributed by atoms with Gasteiger partial charge in [-0.25, -0.2) is 9.59 Å². The molecular formula is C28H22N2O8. The summed E-state index contributed by atoms with van der Waals surface area (Å²) in [7, 11) is 0. The highest BCUT2D eigenvalue weighted by atomic mass is 16.4. The molecule has 192 valence electrons. The number of anilines is 2. The van der Waals surface area contributed by atoms with Gasteiger partial charge in [0, 0.05) is 34.6 Å². The third-order valence-corrected chi connectivity index (χ3v) is 5.04. The molecule has 0 atom stereocenters. The van der Waals surface area contributed by atoms with Gasteiger partial charge in [0.25, 0.3) is 11.8 Å². The second-order valence-corrected chi connectivity index (χ2v) is 7.71. The van der Waals surface area contributed by atoms with Crippen LogP contribution in [0.3, 0.4) is 0 Å². The topological polar surface area (TPSA) is 173 Å². The Morgan fingerprint density at radius 3 is 1.13 bits per heavy atom. The summed E-state index contributed by atoms with van der Waals surface area (Å²) in [5.74, 6) is -3.89. The van der Waals surface area contributed by atoms with E-state index in [2.05, 4.69) is 10.6 Å². The minimum atomic E-state index is -1.22. The normalized spacial score (nSPS) is 9.89. The lowest BCUT2D eigenvalue weighted by Crippen LogP contribution is -2.11. The molecule has 0 saturated heterocycles. The fourth-order valence-corrected chi connectivity index (χ4v) is 3.17. The smallest absolute Gasteiger partial charge is 0.339 e. The van der Waals surface area contributed by atoms with Crippen molar-refractivity contribution < 1.29 is 39.6 Å². The van der Waals surface area contributed by atoms with Gasteiger partial charge >= 0.3 is 11.9 Å². The number of phenols is 2. The maximum atomic E-state index is 11.8. The summed E-state index contributed by atoms with van der Waals surface area (Å²) >= 11 is 0. The molecule has 0 aliphatic carbocycles. The summed E-state index contributed by atoms with van der Waals surface area (Å²) in [4.78, 5) is 45.1. The molecular weight excluding hydrogens is 492 g/mol. The maximum Gasteiger partial charge on any atom is 0.339 e. The van der Waals surface area contributed by atoms with Crippen LogP contribution in [0, 0.1) is 0 Å². The van der Waals surface area contributed by atoms with Crippen molar-refractivity contribution in [1.82, 2.24) is 0 Å². The molecule has 0 bridgehead atoms. The molecule has 0 aliphatic heterocycles. The average molecular weight is 514 g/mol. The van der Waals surface area contributed by atoms with Gasteiger partial charge in [-0.15, -0.1) is 0 Å². The Bertz CT molecular complexity index is 1360. The van der Waals surface area contributed by atoms with Crippen LogP contribution in [0.2, 0.25) is 0 Å². The van der Waals surface area contributed by atoms with Crippen LogP contribution in [-0.2, 0) is 0 Å². The Morgan fingerprint density at radius 1 is 0.500 bits per heavy atom. The van der Waals surface area contributed by atoms with Crippen LogP contribution in [-0.4, -0.2) is 44.2 Å². The van der Waals surface area contributed by atoms with E-state index in [1.807, 2.05) is 0 Å². The van der Waals surface area contributed by atoms with Crippen molar-refractivity contribution in [3.63, 3.8) is 0 Å². The van der Waals surface area contributed by atoms with Crippen molar-refractivity contribution in [2.24, 2.45) is 0 Å². The number of amides is 2. The fourth-order valence-electron chi connectivity index (χ4n) is 3.17. The Kier molecular flexibility index (Phi) is 8.77. The van der Waals surface area contributed by atoms with Gasteiger partial charge in [0.05, 0.1) is 0 Å². The van der Waals surface area contributed by atoms with E-state index in [0.29, 0.717) is 22.5 Å². The number of carbonyl (C=O) groups excluding carboxylic acids is 2. The van der Waals surface area contributed by atoms with Crippen molar-refractivity contribution >= 4 is 35.1 Å². The third-order valence-electron chi connectivity index (χ3n) is 5.04. The molecule has 6 N–H and O–H groups in total. The van der Waals surface area contributed by atoms with E-state index in [4.69, 9.17) is 10.2 Å². The number of carboxylic acids is 2. The van der Waals surface area contributed by atoms with Crippen LogP contribution >= 0.6 is 0 Å². The largest absolute Gasteiger partial charge is 0.507 e. The van der Waals surface area contributed by atoms with Gasteiger partial charge in [-0.05, 0) is 48.5 Å². The van der Waals surface area contributed by atoms with Crippen LogP contribution in [0.5, 0.6) is 11.5 Å². The summed E-state index contributed by atoms with van der Waals surface area (Å²) in [6.07, 6.45) is 0. The highest BCUT2D eigenvalue weighted by Gasteiger charge is 2.12. The molecule has 0 spiro atoms. The van der Waals surface area contributed by atoms with Gasteiger partial charge in [-0.3, -0.25) is 9.59 Å². The first-order chi connectivity index (χ1) is 18.2. The van der Waals surface area contributed by atoms with Crippen LogP contribution in [0.25, 0.3) is 0 Å². The quantitative estimate of drug-likeness (QED) is 0.215. The average Bonchev–Trinajstić information content (AvgIpc) is 2.90. The van der Waals surface area contributed by atoms with Gasteiger partial charge in [0.1, 0.15) is 22.6 Å².